The van der Waals surface area contributed by atoms with Crippen LogP contribution in [-0.4, -0.2) is 24.5 Å². The van der Waals surface area contributed by atoms with Crippen molar-refractivity contribution in [3.8, 4) is 0 Å². The number of hydrogen-bond acceptors (Lipinski definition) is 4. The molecule has 7 heteroatoms. The fourth-order valence-electron chi connectivity index (χ4n) is 1.68. The van der Waals surface area contributed by atoms with Gasteiger partial charge in [0, 0.05) is 11.6 Å². The zero-order chi connectivity index (χ0) is 17.4. The summed E-state index contributed by atoms with van der Waals surface area (Å²) in [6.45, 7) is 5.72. The Bertz CT molecular complexity index is 555. The average Bonchev–Trinajstić information content (AvgIpc) is 2.51. The van der Waals surface area contributed by atoms with E-state index >= 15 is 0 Å². The van der Waals surface area contributed by atoms with Gasteiger partial charge in [-0.1, -0.05) is 32.9 Å². The van der Waals surface area contributed by atoms with Gasteiger partial charge in [0.2, 0.25) is 11.8 Å². The highest BCUT2D eigenvalue weighted by molar-refractivity contribution is 5.94. The van der Waals surface area contributed by atoms with Gasteiger partial charge in [0.05, 0.1) is 6.54 Å². The molecule has 3 amide bonds. The summed E-state index contributed by atoms with van der Waals surface area (Å²) in [5, 5.41) is 5.28. The summed E-state index contributed by atoms with van der Waals surface area (Å²) in [6, 6.07) is 6.77. The first-order valence-electron chi connectivity index (χ1n) is 7.38. The number of rotatable bonds is 7. The maximum absolute atomic E-state index is 11.8. The Kier molecular flexibility index (Phi) is 7.05. The summed E-state index contributed by atoms with van der Waals surface area (Å²) in [7, 11) is 0. The molecule has 1 aromatic carbocycles. The molecule has 7 nitrogen and oxygen atoms in total. The second kappa shape index (κ2) is 8.77. The van der Waals surface area contributed by atoms with E-state index in [-0.39, 0.29) is 36.8 Å². The van der Waals surface area contributed by atoms with Crippen molar-refractivity contribution in [3.05, 3.63) is 29.8 Å². The van der Waals surface area contributed by atoms with Crippen molar-refractivity contribution in [1.82, 2.24) is 5.32 Å². The number of carbonyl (C=O) groups is 3. The zero-order valence-electron chi connectivity index (χ0n) is 13.6. The van der Waals surface area contributed by atoms with E-state index in [0.717, 1.165) is 5.56 Å². The van der Waals surface area contributed by atoms with Crippen LogP contribution < -0.4 is 16.4 Å². The van der Waals surface area contributed by atoms with E-state index in [1.54, 1.807) is 24.3 Å². The van der Waals surface area contributed by atoms with Gasteiger partial charge in [-0.05, 0) is 23.6 Å². The van der Waals surface area contributed by atoms with Crippen molar-refractivity contribution in [3.63, 3.8) is 0 Å². The molecule has 23 heavy (non-hydrogen) atoms. The van der Waals surface area contributed by atoms with Crippen LogP contribution in [0.25, 0.3) is 0 Å². The molecular weight excluding hydrogens is 298 g/mol. The normalized spacial score (nSPS) is 11.7. The van der Waals surface area contributed by atoms with Crippen LogP contribution in [0.3, 0.4) is 0 Å². The summed E-state index contributed by atoms with van der Waals surface area (Å²) >= 11 is 0. The molecule has 0 aromatic heterocycles. The van der Waals surface area contributed by atoms with Crippen molar-refractivity contribution in [2.45, 2.75) is 27.4 Å². The summed E-state index contributed by atoms with van der Waals surface area (Å²) in [6.07, 6.45) is -0.839. The number of hydrogen-bond donors (Lipinski definition) is 3. The molecular formula is C16H23N3O4. The van der Waals surface area contributed by atoms with Gasteiger partial charge in [0.15, 0.2) is 0 Å². The minimum absolute atomic E-state index is 0.0761. The van der Waals surface area contributed by atoms with Gasteiger partial charge in [-0.25, -0.2) is 4.79 Å². The van der Waals surface area contributed by atoms with Gasteiger partial charge in [-0.15, -0.1) is 0 Å². The van der Waals surface area contributed by atoms with Gasteiger partial charge in [-0.2, -0.15) is 0 Å². The van der Waals surface area contributed by atoms with Gasteiger partial charge in [0.1, 0.15) is 6.61 Å². The highest BCUT2D eigenvalue weighted by Crippen LogP contribution is 2.11. The first-order chi connectivity index (χ1) is 10.8. The van der Waals surface area contributed by atoms with Crippen LogP contribution >= 0.6 is 0 Å². The molecule has 0 saturated heterocycles. The third kappa shape index (κ3) is 6.82. The van der Waals surface area contributed by atoms with E-state index in [1.807, 2.05) is 20.8 Å². The monoisotopic (exact) mass is 321 g/mol. The predicted molar refractivity (Wildman–Crippen MR) is 86.5 cm³/mol. The molecule has 1 atom stereocenters. The van der Waals surface area contributed by atoms with E-state index in [9.17, 15) is 14.4 Å². The average molecular weight is 321 g/mol. The molecule has 1 unspecified atom stereocenters. The van der Waals surface area contributed by atoms with Crippen LogP contribution in [0.4, 0.5) is 10.5 Å². The molecule has 0 bridgehead atoms. The van der Waals surface area contributed by atoms with E-state index in [1.165, 1.54) is 0 Å². The number of ether oxygens (including phenoxy) is 1. The Balaban J connectivity index is 2.42. The predicted octanol–water partition coefficient (Wildman–Crippen LogP) is 1.63. The van der Waals surface area contributed by atoms with Crippen LogP contribution in [0.2, 0.25) is 0 Å². The molecule has 126 valence electrons. The number of primary amides is 1. The van der Waals surface area contributed by atoms with Crippen molar-refractivity contribution < 1.29 is 19.1 Å². The maximum atomic E-state index is 11.8. The first-order valence-corrected chi connectivity index (χ1v) is 7.38. The second-order valence-corrected chi connectivity index (χ2v) is 5.60. The Hall–Kier alpha value is -2.57. The summed E-state index contributed by atoms with van der Waals surface area (Å²) in [5.41, 5.74) is 6.22. The third-order valence-electron chi connectivity index (χ3n) is 3.46. The molecule has 0 aliphatic heterocycles. The zero-order valence-corrected chi connectivity index (χ0v) is 13.6. The number of nitrogens with one attached hydrogen (secondary N) is 2. The minimum Gasteiger partial charge on any atom is -0.445 e. The lowest BCUT2D eigenvalue weighted by molar-refractivity contribution is -0.127. The molecule has 4 N–H and O–H groups in total. The fraction of sp³-hybridized carbons (Fsp3) is 0.438. The quantitative estimate of drug-likeness (QED) is 0.708. The van der Waals surface area contributed by atoms with Crippen molar-refractivity contribution in [2.24, 2.45) is 17.6 Å². The highest BCUT2D eigenvalue weighted by Gasteiger charge is 2.16. The second-order valence-electron chi connectivity index (χ2n) is 5.60. The lowest BCUT2D eigenvalue weighted by Crippen LogP contribution is -2.37. The molecule has 0 saturated carbocycles. The molecule has 0 radical (unpaired) electrons. The summed E-state index contributed by atoms with van der Waals surface area (Å²) < 4.78 is 4.66. The lowest BCUT2D eigenvalue weighted by atomic mass is 9.97. The first kappa shape index (κ1) is 18.5. The Morgan fingerprint density at radius 2 is 1.74 bits per heavy atom. The maximum Gasteiger partial charge on any atom is 0.404 e. The van der Waals surface area contributed by atoms with Gasteiger partial charge >= 0.3 is 6.09 Å². The van der Waals surface area contributed by atoms with Crippen molar-refractivity contribution in [2.75, 3.05) is 11.9 Å². The largest absolute Gasteiger partial charge is 0.445 e. The standard InChI is InChI=1S/C16H23N3O4/c1-10(2)11(3)15(21)18-8-14(20)19-13-6-4-12(5-7-13)9-23-16(17)22/h4-7,10-11H,8-9H2,1-3H3,(H2,17,22)(H,18,21)(H,19,20). The topological polar surface area (TPSA) is 111 Å². The third-order valence-corrected chi connectivity index (χ3v) is 3.46. The van der Waals surface area contributed by atoms with E-state index in [4.69, 9.17) is 5.73 Å². The van der Waals surface area contributed by atoms with Gasteiger partial charge < -0.3 is 21.1 Å². The number of amides is 3. The van der Waals surface area contributed by atoms with E-state index < -0.39 is 6.09 Å². The molecule has 0 aliphatic rings. The van der Waals surface area contributed by atoms with E-state index in [2.05, 4.69) is 15.4 Å². The molecule has 0 heterocycles. The van der Waals surface area contributed by atoms with Crippen LogP contribution in [-0.2, 0) is 20.9 Å². The summed E-state index contributed by atoms with van der Waals surface area (Å²) in [4.78, 5) is 34.1. The van der Waals surface area contributed by atoms with Crippen LogP contribution in [0, 0.1) is 11.8 Å². The molecule has 0 aliphatic carbocycles. The van der Waals surface area contributed by atoms with Crippen LogP contribution in [0.1, 0.15) is 26.3 Å². The van der Waals surface area contributed by atoms with Crippen LogP contribution in [0.15, 0.2) is 24.3 Å². The Morgan fingerprint density at radius 1 is 1.13 bits per heavy atom. The fourth-order valence-corrected chi connectivity index (χ4v) is 1.68. The smallest absolute Gasteiger partial charge is 0.404 e. The number of anilines is 1. The Morgan fingerprint density at radius 3 is 2.26 bits per heavy atom. The van der Waals surface area contributed by atoms with Crippen LogP contribution in [0.5, 0.6) is 0 Å². The number of benzene rings is 1. The van der Waals surface area contributed by atoms with Crippen molar-refractivity contribution >= 4 is 23.6 Å². The van der Waals surface area contributed by atoms with E-state index in [0.29, 0.717) is 5.69 Å². The van der Waals surface area contributed by atoms with Gasteiger partial charge in [0.25, 0.3) is 0 Å². The molecule has 1 rings (SSSR count). The number of nitrogens with two attached hydrogens (primary N) is 1. The highest BCUT2D eigenvalue weighted by atomic mass is 16.5. The molecule has 0 fully saturated rings. The Labute approximate surface area is 135 Å². The molecule has 1 aromatic rings. The number of carbonyl (C=O) groups excluding carboxylic acids is 3. The molecule has 0 spiro atoms. The lowest BCUT2D eigenvalue weighted by Gasteiger charge is -2.15. The minimum atomic E-state index is -0.839. The summed E-state index contributed by atoms with van der Waals surface area (Å²) in [5.74, 6) is -0.384. The van der Waals surface area contributed by atoms with Crippen molar-refractivity contribution in [1.29, 1.82) is 0 Å². The van der Waals surface area contributed by atoms with Gasteiger partial charge in [-0.3, -0.25) is 9.59 Å². The SMILES string of the molecule is CC(C)C(C)C(=O)NCC(=O)Nc1ccc(COC(N)=O)cc1.